The average Bonchev–Trinajstić information content (AvgIpc) is 2.89. The fourth-order valence-electron chi connectivity index (χ4n) is 1.99. The number of nitrogens with zero attached hydrogens (tertiary/aromatic N) is 4. The van der Waals surface area contributed by atoms with E-state index in [1.165, 1.54) is 0 Å². The zero-order valence-corrected chi connectivity index (χ0v) is 13.5. The van der Waals surface area contributed by atoms with Crippen molar-refractivity contribution in [3.63, 3.8) is 0 Å². The minimum absolute atomic E-state index is 0.703. The molecule has 2 aromatic heterocycles. The van der Waals surface area contributed by atoms with Gasteiger partial charge in [-0.1, -0.05) is 0 Å². The molecule has 0 aliphatic rings. The molecule has 0 spiro atoms. The molecule has 6 nitrogen and oxygen atoms in total. The lowest BCUT2D eigenvalue weighted by Gasteiger charge is -2.08. The maximum atomic E-state index is 5.03. The van der Waals surface area contributed by atoms with Crippen molar-refractivity contribution in [3.05, 3.63) is 27.2 Å². The quantitative estimate of drug-likeness (QED) is 0.610. The maximum Gasteiger partial charge on any atom is 0.156 e. The molecule has 1 N–H and O–H groups in total. The number of hydrogen-bond donors (Lipinski definition) is 1. The van der Waals surface area contributed by atoms with E-state index in [2.05, 4.69) is 38.1 Å². The second kappa shape index (κ2) is 6.49. The second-order valence-corrected chi connectivity index (χ2v) is 5.53. The number of ether oxygens (including phenoxy) is 1. The molecule has 19 heavy (non-hydrogen) atoms. The minimum Gasteiger partial charge on any atom is -0.383 e. The van der Waals surface area contributed by atoms with E-state index in [-0.39, 0.29) is 0 Å². The van der Waals surface area contributed by atoms with Gasteiger partial charge in [-0.15, -0.1) is 0 Å². The molecule has 2 aromatic rings. The van der Waals surface area contributed by atoms with Gasteiger partial charge in [-0.25, -0.2) is 4.68 Å². The summed E-state index contributed by atoms with van der Waals surface area (Å²) in [6, 6.07) is 0. The largest absolute Gasteiger partial charge is 0.383 e. The van der Waals surface area contributed by atoms with E-state index in [9.17, 15) is 0 Å². The molecule has 0 fully saturated rings. The molecule has 0 saturated heterocycles. The summed E-state index contributed by atoms with van der Waals surface area (Å²) in [7, 11) is 3.64. The van der Waals surface area contributed by atoms with E-state index in [1.807, 2.05) is 35.7 Å². The van der Waals surface area contributed by atoms with Gasteiger partial charge in [-0.2, -0.15) is 10.2 Å². The molecule has 2 rings (SSSR count). The van der Waals surface area contributed by atoms with Crippen LogP contribution in [0.4, 0.5) is 0 Å². The highest BCUT2D eigenvalue weighted by Gasteiger charge is 2.15. The summed E-state index contributed by atoms with van der Waals surface area (Å²) in [6.07, 6.45) is 3.83. The summed E-state index contributed by atoms with van der Waals surface area (Å²) in [5, 5.41) is 12.2. The molecule has 0 bridgehead atoms. The number of halogens is 1. The molecular weight excluding hydrogens is 357 g/mol. The molecule has 0 aliphatic heterocycles. The van der Waals surface area contributed by atoms with Crippen LogP contribution in [0.5, 0.6) is 0 Å². The minimum atomic E-state index is 0.703. The van der Waals surface area contributed by atoms with Gasteiger partial charge in [0.05, 0.1) is 22.1 Å². The van der Waals surface area contributed by atoms with Gasteiger partial charge >= 0.3 is 0 Å². The van der Waals surface area contributed by atoms with Crippen molar-refractivity contribution < 1.29 is 4.74 Å². The third-order valence-corrected chi connectivity index (χ3v) is 3.42. The standard InChI is InChI=1S/C12H18IN5O/c1-9-11(7-14-4-5-19-3)12(17(2)16-9)18-8-10(13)6-15-18/h6,8,14H,4-5,7H2,1-3H3. The van der Waals surface area contributed by atoms with Gasteiger partial charge in [-0.3, -0.25) is 4.68 Å². The van der Waals surface area contributed by atoms with Crippen LogP contribution in [0.3, 0.4) is 0 Å². The van der Waals surface area contributed by atoms with E-state index in [0.717, 1.165) is 33.7 Å². The molecule has 2 heterocycles. The predicted octanol–water partition coefficient (Wildman–Crippen LogP) is 1.25. The third-order valence-electron chi connectivity index (χ3n) is 2.87. The first-order valence-corrected chi connectivity index (χ1v) is 7.14. The summed E-state index contributed by atoms with van der Waals surface area (Å²) in [6.45, 7) is 4.30. The van der Waals surface area contributed by atoms with Gasteiger partial charge < -0.3 is 10.1 Å². The zero-order valence-electron chi connectivity index (χ0n) is 11.4. The molecular formula is C12H18IN5O. The molecule has 0 unspecified atom stereocenters. The highest BCUT2D eigenvalue weighted by atomic mass is 127. The molecule has 0 aliphatic carbocycles. The van der Waals surface area contributed by atoms with Crippen LogP contribution < -0.4 is 5.32 Å². The Morgan fingerprint density at radius 2 is 2.26 bits per heavy atom. The third kappa shape index (κ3) is 3.34. The Bertz CT molecular complexity index is 548. The number of aryl methyl sites for hydroxylation is 2. The normalized spacial score (nSPS) is 11.2. The Kier molecular flexibility index (Phi) is 4.94. The Hall–Kier alpha value is -0.930. The summed E-state index contributed by atoms with van der Waals surface area (Å²) in [5.74, 6) is 1.00. The molecule has 0 atom stereocenters. The van der Waals surface area contributed by atoms with Gasteiger partial charge in [0, 0.05) is 39.0 Å². The second-order valence-electron chi connectivity index (χ2n) is 4.28. The van der Waals surface area contributed by atoms with Crippen molar-refractivity contribution in [2.24, 2.45) is 7.05 Å². The van der Waals surface area contributed by atoms with Crippen LogP contribution >= 0.6 is 22.6 Å². The number of rotatable bonds is 6. The van der Waals surface area contributed by atoms with E-state index >= 15 is 0 Å². The van der Waals surface area contributed by atoms with Crippen molar-refractivity contribution >= 4 is 22.6 Å². The van der Waals surface area contributed by atoms with Crippen LogP contribution in [0.25, 0.3) is 5.82 Å². The Morgan fingerprint density at radius 1 is 1.47 bits per heavy atom. The van der Waals surface area contributed by atoms with Crippen LogP contribution in [0, 0.1) is 10.5 Å². The maximum absolute atomic E-state index is 5.03. The lowest BCUT2D eigenvalue weighted by Crippen LogP contribution is -2.20. The number of hydrogen-bond acceptors (Lipinski definition) is 4. The molecule has 0 aromatic carbocycles. The molecule has 0 saturated carbocycles. The van der Waals surface area contributed by atoms with Crippen molar-refractivity contribution in [1.82, 2.24) is 24.9 Å². The van der Waals surface area contributed by atoms with Crippen LogP contribution in [-0.4, -0.2) is 39.8 Å². The zero-order chi connectivity index (χ0) is 13.8. The lowest BCUT2D eigenvalue weighted by atomic mass is 10.2. The lowest BCUT2D eigenvalue weighted by molar-refractivity contribution is 0.199. The van der Waals surface area contributed by atoms with Gasteiger partial charge in [0.1, 0.15) is 0 Å². The Labute approximate surface area is 126 Å². The topological polar surface area (TPSA) is 56.9 Å². The first kappa shape index (κ1) is 14.5. The Balaban J connectivity index is 2.22. The monoisotopic (exact) mass is 375 g/mol. The van der Waals surface area contributed by atoms with Crippen LogP contribution in [-0.2, 0) is 18.3 Å². The van der Waals surface area contributed by atoms with Gasteiger partial charge in [0.2, 0.25) is 0 Å². The summed E-state index contributed by atoms with van der Waals surface area (Å²) < 4.78 is 9.87. The van der Waals surface area contributed by atoms with Crippen molar-refractivity contribution in [2.75, 3.05) is 20.3 Å². The smallest absolute Gasteiger partial charge is 0.156 e. The van der Waals surface area contributed by atoms with E-state index in [1.54, 1.807) is 7.11 Å². The van der Waals surface area contributed by atoms with Crippen molar-refractivity contribution in [3.8, 4) is 5.82 Å². The average molecular weight is 375 g/mol. The van der Waals surface area contributed by atoms with E-state index in [4.69, 9.17) is 4.74 Å². The summed E-state index contributed by atoms with van der Waals surface area (Å²) in [5.41, 5.74) is 2.19. The van der Waals surface area contributed by atoms with E-state index < -0.39 is 0 Å². The highest BCUT2D eigenvalue weighted by molar-refractivity contribution is 14.1. The first-order chi connectivity index (χ1) is 9.13. The van der Waals surface area contributed by atoms with Crippen molar-refractivity contribution in [1.29, 1.82) is 0 Å². The SMILES string of the molecule is COCCNCc1c(C)nn(C)c1-n1cc(I)cn1. The van der Waals surface area contributed by atoms with Crippen LogP contribution in [0.1, 0.15) is 11.3 Å². The molecule has 7 heteroatoms. The van der Waals surface area contributed by atoms with Crippen molar-refractivity contribution in [2.45, 2.75) is 13.5 Å². The number of aromatic nitrogens is 4. The van der Waals surface area contributed by atoms with Crippen LogP contribution in [0.15, 0.2) is 12.4 Å². The fraction of sp³-hybridized carbons (Fsp3) is 0.500. The molecule has 0 amide bonds. The predicted molar refractivity (Wildman–Crippen MR) is 81.4 cm³/mol. The fourth-order valence-corrected chi connectivity index (χ4v) is 2.38. The van der Waals surface area contributed by atoms with Gasteiger partial charge in [0.25, 0.3) is 0 Å². The number of nitrogens with one attached hydrogen (secondary N) is 1. The summed E-state index contributed by atoms with van der Waals surface area (Å²) >= 11 is 2.25. The Morgan fingerprint density at radius 3 is 2.89 bits per heavy atom. The first-order valence-electron chi connectivity index (χ1n) is 6.06. The molecule has 104 valence electrons. The van der Waals surface area contributed by atoms with Gasteiger partial charge in [-0.05, 0) is 29.5 Å². The van der Waals surface area contributed by atoms with Crippen LogP contribution in [0.2, 0.25) is 0 Å². The summed E-state index contributed by atoms with van der Waals surface area (Å²) in [4.78, 5) is 0. The highest BCUT2D eigenvalue weighted by Crippen LogP contribution is 2.18. The molecule has 0 radical (unpaired) electrons. The van der Waals surface area contributed by atoms with E-state index in [0.29, 0.717) is 6.61 Å². The van der Waals surface area contributed by atoms with Gasteiger partial charge in [0.15, 0.2) is 5.82 Å². The number of methoxy groups -OCH3 is 1.